The largest absolute Gasteiger partial charge is 0.384 e. The number of aliphatic hydroxyl groups is 1. The molecule has 2 aromatic rings. The zero-order valence-electron chi connectivity index (χ0n) is 10.4. The molecule has 0 aliphatic heterocycles. The summed E-state index contributed by atoms with van der Waals surface area (Å²) in [6.45, 7) is 1.71. The van der Waals surface area contributed by atoms with Crippen LogP contribution in [-0.2, 0) is 0 Å². The van der Waals surface area contributed by atoms with Crippen molar-refractivity contribution in [1.29, 1.82) is 0 Å². The highest BCUT2D eigenvalue weighted by atomic mass is 32.2. The molecule has 0 radical (unpaired) electrons. The summed E-state index contributed by atoms with van der Waals surface area (Å²) < 4.78 is 13.5. The summed E-state index contributed by atoms with van der Waals surface area (Å²) in [6, 6.07) is 12.5. The smallest absolute Gasteiger partial charge is 0.126 e. The molecule has 1 N–H and O–H groups in total. The van der Waals surface area contributed by atoms with Crippen LogP contribution in [0.15, 0.2) is 47.4 Å². The van der Waals surface area contributed by atoms with Gasteiger partial charge in [-0.3, -0.25) is 0 Å². The van der Waals surface area contributed by atoms with Gasteiger partial charge in [-0.15, -0.1) is 11.8 Å². The molecule has 0 aliphatic carbocycles. The van der Waals surface area contributed by atoms with Gasteiger partial charge in [-0.1, -0.05) is 30.3 Å². The van der Waals surface area contributed by atoms with Crippen LogP contribution in [0, 0.1) is 12.7 Å². The van der Waals surface area contributed by atoms with Crippen LogP contribution in [0.5, 0.6) is 0 Å². The van der Waals surface area contributed by atoms with Crippen molar-refractivity contribution in [2.24, 2.45) is 0 Å². The van der Waals surface area contributed by atoms with Crippen LogP contribution in [0.3, 0.4) is 0 Å². The minimum absolute atomic E-state index is 0.284. The van der Waals surface area contributed by atoms with Gasteiger partial charge in [-0.2, -0.15) is 0 Å². The number of hydrogen-bond acceptors (Lipinski definition) is 2. The molecular formula is C15H15FOS. The van der Waals surface area contributed by atoms with Gasteiger partial charge < -0.3 is 5.11 Å². The van der Waals surface area contributed by atoms with E-state index in [-0.39, 0.29) is 5.82 Å². The van der Waals surface area contributed by atoms with Gasteiger partial charge in [-0.05, 0) is 42.0 Å². The van der Waals surface area contributed by atoms with Crippen molar-refractivity contribution in [1.82, 2.24) is 0 Å². The molecule has 18 heavy (non-hydrogen) atoms. The molecule has 0 fully saturated rings. The molecular weight excluding hydrogens is 247 g/mol. The molecule has 1 atom stereocenters. The molecule has 0 spiro atoms. The summed E-state index contributed by atoms with van der Waals surface area (Å²) in [5.41, 5.74) is 1.98. The van der Waals surface area contributed by atoms with Crippen LogP contribution in [0.2, 0.25) is 0 Å². The molecule has 3 heteroatoms. The quantitative estimate of drug-likeness (QED) is 0.845. The first-order chi connectivity index (χ1) is 8.63. The zero-order chi connectivity index (χ0) is 13.1. The lowest BCUT2D eigenvalue weighted by molar-refractivity contribution is 0.217. The van der Waals surface area contributed by atoms with Crippen LogP contribution < -0.4 is 0 Å². The summed E-state index contributed by atoms with van der Waals surface area (Å²) in [7, 11) is 0. The standard InChI is InChI=1S/C15H15FOS/c1-10-7-8-11(9-13(10)16)15(17)12-5-3-4-6-14(12)18-2/h3-9,15,17H,1-2H3. The van der Waals surface area contributed by atoms with E-state index in [0.717, 1.165) is 10.5 Å². The lowest BCUT2D eigenvalue weighted by Gasteiger charge is -2.15. The van der Waals surface area contributed by atoms with Crippen LogP contribution in [-0.4, -0.2) is 11.4 Å². The third-order valence-corrected chi connectivity index (χ3v) is 3.76. The van der Waals surface area contributed by atoms with Crippen LogP contribution in [0.25, 0.3) is 0 Å². The highest BCUT2D eigenvalue weighted by molar-refractivity contribution is 7.98. The van der Waals surface area contributed by atoms with E-state index in [4.69, 9.17) is 0 Å². The van der Waals surface area contributed by atoms with Gasteiger partial charge in [-0.25, -0.2) is 4.39 Å². The van der Waals surface area contributed by atoms with Gasteiger partial charge in [0.2, 0.25) is 0 Å². The van der Waals surface area contributed by atoms with E-state index < -0.39 is 6.10 Å². The third-order valence-electron chi connectivity index (χ3n) is 2.95. The minimum Gasteiger partial charge on any atom is -0.384 e. The van der Waals surface area contributed by atoms with E-state index in [9.17, 15) is 9.50 Å². The summed E-state index contributed by atoms with van der Waals surface area (Å²) in [4.78, 5) is 1.01. The van der Waals surface area contributed by atoms with E-state index in [1.165, 1.54) is 6.07 Å². The van der Waals surface area contributed by atoms with Gasteiger partial charge in [0.05, 0.1) is 0 Å². The molecule has 0 amide bonds. The van der Waals surface area contributed by atoms with E-state index in [1.807, 2.05) is 30.5 Å². The fourth-order valence-corrected chi connectivity index (χ4v) is 2.48. The maximum atomic E-state index is 13.5. The van der Waals surface area contributed by atoms with Gasteiger partial charge in [0.15, 0.2) is 0 Å². The van der Waals surface area contributed by atoms with Crippen molar-refractivity contribution >= 4 is 11.8 Å². The fraction of sp³-hybridized carbons (Fsp3) is 0.200. The Morgan fingerprint density at radius 1 is 1.17 bits per heavy atom. The van der Waals surface area contributed by atoms with Crippen LogP contribution >= 0.6 is 11.8 Å². The average Bonchev–Trinajstić information content (AvgIpc) is 2.41. The number of benzene rings is 2. The summed E-state index contributed by atoms with van der Waals surface area (Å²) in [5.74, 6) is -0.284. The summed E-state index contributed by atoms with van der Waals surface area (Å²) in [6.07, 6.45) is 1.17. The van der Waals surface area contributed by atoms with E-state index in [2.05, 4.69) is 0 Å². The van der Waals surface area contributed by atoms with Crippen molar-refractivity contribution in [3.05, 3.63) is 65.0 Å². The summed E-state index contributed by atoms with van der Waals surface area (Å²) >= 11 is 1.57. The molecule has 2 rings (SSSR count). The Morgan fingerprint density at radius 3 is 2.56 bits per heavy atom. The molecule has 0 heterocycles. The Morgan fingerprint density at radius 2 is 1.89 bits per heavy atom. The lowest BCUT2D eigenvalue weighted by atomic mass is 10.0. The lowest BCUT2D eigenvalue weighted by Crippen LogP contribution is -2.02. The predicted octanol–water partition coefficient (Wildman–Crippen LogP) is 3.94. The number of halogens is 1. The summed E-state index contributed by atoms with van der Waals surface area (Å²) in [5, 5.41) is 10.3. The van der Waals surface area contributed by atoms with Crippen LogP contribution in [0.1, 0.15) is 22.8 Å². The zero-order valence-corrected chi connectivity index (χ0v) is 11.2. The average molecular weight is 262 g/mol. The molecule has 0 aliphatic rings. The van der Waals surface area contributed by atoms with E-state index >= 15 is 0 Å². The Balaban J connectivity index is 2.41. The van der Waals surface area contributed by atoms with Crippen molar-refractivity contribution in [3.63, 3.8) is 0 Å². The van der Waals surface area contributed by atoms with Crippen molar-refractivity contribution in [2.75, 3.05) is 6.26 Å². The maximum absolute atomic E-state index is 13.5. The van der Waals surface area contributed by atoms with Crippen molar-refractivity contribution in [2.45, 2.75) is 17.9 Å². The molecule has 1 nitrogen and oxygen atoms in total. The Labute approximate surface area is 111 Å². The minimum atomic E-state index is -0.788. The highest BCUT2D eigenvalue weighted by Crippen LogP contribution is 2.30. The maximum Gasteiger partial charge on any atom is 0.126 e. The fourth-order valence-electron chi connectivity index (χ4n) is 1.85. The number of thioether (sulfide) groups is 1. The highest BCUT2D eigenvalue weighted by Gasteiger charge is 2.14. The Bertz CT molecular complexity index is 554. The molecule has 0 saturated carbocycles. The second-order valence-electron chi connectivity index (χ2n) is 4.15. The Hall–Kier alpha value is -1.32. The molecule has 0 saturated heterocycles. The van der Waals surface area contributed by atoms with Gasteiger partial charge in [0.1, 0.15) is 11.9 Å². The molecule has 0 aromatic heterocycles. The second kappa shape index (κ2) is 5.55. The van der Waals surface area contributed by atoms with E-state index in [1.54, 1.807) is 30.8 Å². The number of aryl methyl sites for hydroxylation is 1. The Kier molecular flexibility index (Phi) is 4.04. The molecule has 94 valence electrons. The number of aliphatic hydroxyl groups excluding tert-OH is 1. The van der Waals surface area contributed by atoms with Gasteiger partial charge >= 0.3 is 0 Å². The normalized spacial score (nSPS) is 12.4. The number of hydrogen-bond donors (Lipinski definition) is 1. The van der Waals surface area contributed by atoms with Gasteiger partial charge in [0, 0.05) is 4.90 Å². The topological polar surface area (TPSA) is 20.2 Å². The van der Waals surface area contributed by atoms with E-state index in [0.29, 0.717) is 11.1 Å². The second-order valence-corrected chi connectivity index (χ2v) is 5.00. The molecule has 1 unspecified atom stereocenters. The monoisotopic (exact) mass is 262 g/mol. The first-order valence-corrected chi connectivity index (χ1v) is 6.93. The predicted molar refractivity (Wildman–Crippen MR) is 73.4 cm³/mol. The van der Waals surface area contributed by atoms with Crippen molar-refractivity contribution < 1.29 is 9.50 Å². The first kappa shape index (κ1) is 13.1. The van der Waals surface area contributed by atoms with Gasteiger partial charge in [0.25, 0.3) is 0 Å². The molecule has 2 aromatic carbocycles. The molecule has 0 bridgehead atoms. The number of rotatable bonds is 3. The third kappa shape index (κ3) is 2.57. The van der Waals surface area contributed by atoms with Crippen molar-refractivity contribution in [3.8, 4) is 0 Å². The first-order valence-electron chi connectivity index (χ1n) is 5.70. The van der Waals surface area contributed by atoms with Crippen LogP contribution in [0.4, 0.5) is 4.39 Å². The SMILES string of the molecule is CSc1ccccc1C(O)c1ccc(C)c(F)c1.